The lowest BCUT2D eigenvalue weighted by Gasteiger charge is -2.36. The zero-order valence-electron chi connectivity index (χ0n) is 25.8. The van der Waals surface area contributed by atoms with Gasteiger partial charge in [0.1, 0.15) is 5.75 Å². The van der Waals surface area contributed by atoms with Crippen LogP contribution >= 0.6 is 0 Å². The number of hydrogen-bond donors (Lipinski definition) is 0. The van der Waals surface area contributed by atoms with Gasteiger partial charge in [-0.05, 0) is 118 Å². The van der Waals surface area contributed by atoms with Crippen LogP contribution in [0.5, 0.6) is 5.75 Å². The largest absolute Gasteiger partial charge is 0.496 e. The first-order valence-corrected chi connectivity index (χ1v) is 16.1. The minimum absolute atomic E-state index is 0.0687. The predicted octanol–water partition coefficient (Wildman–Crippen LogP) is 7.49. The summed E-state index contributed by atoms with van der Waals surface area (Å²) >= 11 is 0. The van der Waals surface area contributed by atoms with E-state index in [9.17, 15) is 9.59 Å². The van der Waals surface area contributed by atoms with Gasteiger partial charge in [0.05, 0.1) is 32.4 Å². The zero-order valence-corrected chi connectivity index (χ0v) is 25.8. The molecular formula is C36H45N3O4. The lowest BCUT2D eigenvalue weighted by Crippen LogP contribution is -2.42. The number of carbonyl (C=O) groups is 2. The molecule has 1 heterocycles. The quantitative estimate of drug-likeness (QED) is 0.244. The van der Waals surface area contributed by atoms with E-state index in [-0.39, 0.29) is 23.7 Å². The fourth-order valence-corrected chi connectivity index (χ4v) is 7.26. The van der Waals surface area contributed by atoms with Gasteiger partial charge in [-0.2, -0.15) is 5.10 Å². The van der Waals surface area contributed by atoms with Gasteiger partial charge in [0.15, 0.2) is 0 Å². The third-order valence-corrected chi connectivity index (χ3v) is 10.1. The van der Waals surface area contributed by atoms with Crippen molar-refractivity contribution in [2.75, 3.05) is 25.7 Å². The molecule has 7 nitrogen and oxygen atoms in total. The number of methoxy groups -OCH3 is 2. The highest BCUT2D eigenvalue weighted by molar-refractivity contribution is 5.96. The Bertz CT molecular complexity index is 1430. The molecule has 3 aromatic rings. The molecule has 3 aliphatic carbocycles. The van der Waals surface area contributed by atoms with Crippen LogP contribution in [0.3, 0.4) is 0 Å². The van der Waals surface area contributed by atoms with Crippen LogP contribution in [0.4, 0.5) is 5.69 Å². The van der Waals surface area contributed by atoms with Crippen LogP contribution in [0.2, 0.25) is 0 Å². The van der Waals surface area contributed by atoms with Crippen molar-refractivity contribution in [2.45, 2.75) is 83.1 Å². The molecule has 0 aliphatic heterocycles. The lowest BCUT2D eigenvalue weighted by atomic mass is 9.77. The number of nitrogens with zero attached hydrogens (tertiary/aromatic N) is 3. The third kappa shape index (κ3) is 6.66. The maximum absolute atomic E-state index is 14.2. The third-order valence-electron chi connectivity index (χ3n) is 10.1. The van der Waals surface area contributed by atoms with Crippen LogP contribution in [0.15, 0.2) is 54.9 Å². The van der Waals surface area contributed by atoms with Crippen molar-refractivity contribution in [2.24, 2.45) is 17.8 Å². The van der Waals surface area contributed by atoms with Crippen molar-refractivity contribution in [1.29, 1.82) is 0 Å². The smallest absolute Gasteiger partial charge is 0.308 e. The molecule has 0 radical (unpaired) electrons. The molecule has 3 aliphatic rings. The van der Waals surface area contributed by atoms with E-state index in [0.717, 1.165) is 67.6 Å². The molecule has 0 N–H and O–H groups in total. The Morgan fingerprint density at radius 1 is 0.884 bits per heavy atom. The molecular weight excluding hydrogens is 538 g/mol. The highest BCUT2D eigenvalue weighted by atomic mass is 16.5. The van der Waals surface area contributed by atoms with Gasteiger partial charge >= 0.3 is 5.97 Å². The number of rotatable bonds is 9. The Morgan fingerprint density at radius 2 is 1.63 bits per heavy atom. The molecule has 228 valence electrons. The van der Waals surface area contributed by atoms with Gasteiger partial charge in [0.2, 0.25) is 5.91 Å². The molecule has 0 bridgehead atoms. The van der Waals surface area contributed by atoms with Gasteiger partial charge in [-0.1, -0.05) is 24.3 Å². The number of ether oxygens (including phenoxy) is 2. The molecule has 6 rings (SSSR count). The molecule has 0 spiro atoms. The van der Waals surface area contributed by atoms with Gasteiger partial charge in [0.25, 0.3) is 0 Å². The van der Waals surface area contributed by atoms with E-state index in [1.165, 1.54) is 31.1 Å². The molecule has 43 heavy (non-hydrogen) atoms. The first-order valence-electron chi connectivity index (χ1n) is 16.1. The van der Waals surface area contributed by atoms with E-state index in [1.807, 2.05) is 6.20 Å². The predicted molar refractivity (Wildman–Crippen MR) is 168 cm³/mol. The number of hydrogen-bond acceptors (Lipinski definition) is 5. The summed E-state index contributed by atoms with van der Waals surface area (Å²) in [5, 5.41) is 4.60. The summed E-state index contributed by atoms with van der Waals surface area (Å²) in [6.45, 7) is 2.84. The van der Waals surface area contributed by atoms with E-state index in [2.05, 4.69) is 70.3 Å². The maximum Gasteiger partial charge on any atom is 0.308 e. The number of esters is 1. The van der Waals surface area contributed by atoms with Gasteiger partial charge in [0, 0.05) is 29.9 Å². The second kappa shape index (κ2) is 12.9. The van der Waals surface area contributed by atoms with Crippen LogP contribution < -0.4 is 9.64 Å². The van der Waals surface area contributed by atoms with Gasteiger partial charge in [-0.3, -0.25) is 14.3 Å². The minimum Gasteiger partial charge on any atom is -0.496 e. The van der Waals surface area contributed by atoms with E-state index in [4.69, 9.17) is 9.47 Å². The van der Waals surface area contributed by atoms with Crippen molar-refractivity contribution < 1.29 is 19.1 Å². The number of amides is 1. The van der Waals surface area contributed by atoms with Crippen molar-refractivity contribution >= 4 is 17.6 Å². The van der Waals surface area contributed by atoms with Crippen LogP contribution in [0.1, 0.15) is 87.3 Å². The van der Waals surface area contributed by atoms with E-state index in [1.54, 1.807) is 7.11 Å². The highest BCUT2D eigenvalue weighted by Crippen LogP contribution is 2.40. The van der Waals surface area contributed by atoms with Crippen molar-refractivity contribution in [1.82, 2.24) is 9.78 Å². The van der Waals surface area contributed by atoms with Gasteiger partial charge < -0.3 is 14.4 Å². The zero-order chi connectivity index (χ0) is 29.9. The fraction of sp³-hybridized carbons (Fsp3) is 0.528. The van der Waals surface area contributed by atoms with Crippen LogP contribution in [0.25, 0.3) is 11.1 Å². The molecule has 0 saturated heterocycles. The summed E-state index contributed by atoms with van der Waals surface area (Å²) in [5.41, 5.74) is 5.73. The molecule has 2 aromatic carbocycles. The van der Waals surface area contributed by atoms with Crippen molar-refractivity contribution in [3.63, 3.8) is 0 Å². The van der Waals surface area contributed by atoms with Crippen LogP contribution in [0, 0.1) is 24.7 Å². The number of aromatic nitrogens is 2. The van der Waals surface area contributed by atoms with Gasteiger partial charge in [-0.25, -0.2) is 0 Å². The topological polar surface area (TPSA) is 73.7 Å². The number of carbonyl (C=O) groups excluding carboxylic acids is 2. The molecule has 0 unspecified atom stereocenters. The van der Waals surface area contributed by atoms with Crippen LogP contribution in [-0.4, -0.2) is 42.4 Å². The van der Waals surface area contributed by atoms with Crippen molar-refractivity contribution in [3.8, 4) is 16.9 Å². The maximum atomic E-state index is 14.2. The van der Waals surface area contributed by atoms with E-state index in [0.29, 0.717) is 30.7 Å². The highest BCUT2D eigenvalue weighted by Gasteiger charge is 2.35. The average Bonchev–Trinajstić information content (AvgIpc) is 3.79. The molecule has 1 aromatic heterocycles. The molecule has 3 fully saturated rings. The monoisotopic (exact) mass is 583 g/mol. The second-order valence-electron chi connectivity index (χ2n) is 13.0. The Labute approximate surface area is 255 Å². The first kappa shape index (κ1) is 29.5. The van der Waals surface area contributed by atoms with E-state index >= 15 is 0 Å². The normalized spacial score (nSPS) is 23.9. The minimum atomic E-state index is -0.147. The standard InChI is InChI=1S/C36H45N3O4/c1-24-19-30(15-18-34(24)42-2)26-9-7-25(8-10-26)22-38(35(40)27-11-13-28(14-12-27)36(41)43-3)33-6-4-5-29(20-33)31-21-37-39(23-31)32-16-17-32/h4-6,15,18-21,23,25-28,32H,7-14,16-17,22H2,1-3H3. The summed E-state index contributed by atoms with van der Waals surface area (Å²) in [6, 6.07) is 15.5. The Balaban J connectivity index is 1.19. The number of benzene rings is 2. The lowest BCUT2D eigenvalue weighted by molar-refractivity contribution is -0.147. The fourth-order valence-electron chi connectivity index (χ4n) is 7.26. The summed E-state index contributed by atoms with van der Waals surface area (Å²) < 4.78 is 12.5. The average molecular weight is 584 g/mol. The molecule has 7 heteroatoms. The number of aryl methyl sites for hydroxylation is 1. The van der Waals surface area contributed by atoms with Crippen molar-refractivity contribution in [3.05, 3.63) is 66.0 Å². The molecule has 0 atom stereocenters. The summed E-state index contributed by atoms with van der Waals surface area (Å²) in [7, 11) is 3.18. The Kier molecular flexibility index (Phi) is 8.87. The molecule has 3 saturated carbocycles. The SMILES string of the molecule is COC(=O)C1CCC(C(=O)N(CC2CCC(c3ccc(OC)c(C)c3)CC2)c2cccc(-c3cnn(C4CC4)c3)c2)CC1. The van der Waals surface area contributed by atoms with E-state index < -0.39 is 0 Å². The Hall–Kier alpha value is -3.61. The molecule has 1 amide bonds. The van der Waals surface area contributed by atoms with Gasteiger partial charge in [-0.15, -0.1) is 0 Å². The number of anilines is 1. The van der Waals surface area contributed by atoms with Crippen LogP contribution in [-0.2, 0) is 14.3 Å². The second-order valence-corrected chi connectivity index (χ2v) is 13.0. The Morgan fingerprint density at radius 3 is 2.30 bits per heavy atom. The summed E-state index contributed by atoms with van der Waals surface area (Å²) in [5.74, 6) is 1.83. The first-order chi connectivity index (χ1) is 20.9. The summed E-state index contributed by atoms with van der Waals surface area (Å²) in [6.07, 6.45) is 13.8. The summed E-state index contributed by atoms with van der Waals surface area (Å²) in [4.78, 5) is 28.4.